The third-order valence-corrected chi connectivity index (χ3v) is 5.62. The van der Waals surface area contributed by atoms with Crippen LogP contribution in [0.4, 0.5) is 0 Å². The average molecular weight is 320 g/mol. The normalized spacial score (nSPS) is 37.1. The summed E-state index contributed by atoms with van der Waals surface area (Å²) in [5.74, 6) is 0.719. The van der Waals surface area contributed by atoms with E-state index in [1.807, 2.05) is 6.08 Å². The molecule has 0 spiro atoms. The van der Waals surface area contributed by atoms with Crippen molar-refractivity contribution in [1.29, 1.82) is 0 Å². The topological polar surface area (TPSA) is 46.5 Å². The zero-order valence-corrected chi connectivity index (χ0v) is 14.9. The Bertz CT molecular complexity index is 462. The molecule has 0 saturated carbocycles. The standard InChI is InChI=1S/C20H32O3/c1-15-6-4-7-16(13-21)8-5-9-17(14-22)19-12-18(11-10-15)20(2,3)23-19/h6,8,13,17-19,22H,4-5,7,9-12,14H2,1-3H3/b15-6-,16-8+/t17-,18-,19+/m1/s1. The zero-order valence-electron chi connectivity index (χ0n) is 14.9. The molecule has 130 valence electrons. The fourth-order valence-electron chi connectivity index (χ4n) is 3.93. The second-order valence-electron chi connectivity index (χ2n) is 7.74. The van der Waals surface area contributed by atoms with Crippen molar-refractivity contribution in [2.45, 2.75) is 77.4 Å². The smallest absolute Gasteiger partial charge is 0.145 e. The Morgan fingerprint density at radius 1 is 1.26 bits per heavy atom. The molecule has 3 heteroatoms. The first-order valence-electron chi connectivity index (χ1n) is 9.04. The molecule has 1 N–H and O–H groups in total. The lowest BCUT2D eigenvalue weighted by atomic mass is 9.82. The fraction of sp³-hybridized carbons (Fsp3) is 0.750. The number of hydrogen-bond donors (Lipinski definition) is 1. The first-order valence-corrected chi connectivity index (χ1v) is 9.04. The number of carbonyl (C=O) groups is 1. The summed E-state index contributed by atoms with van der Waals surface area (Å²) >= 11 is 0. The van der Waals surface area contributed by atoms with Crippen LogP contribution in [-0.4, -0.2) is 29.7 Å². The Kier molecular flexibility index (Phi) is 6.60. The van der Waals surface area contributed by atoms with Crippen molar-refractivity contribution in [3.8, 4) is 0 Å². The molecule has 3 nitrogen and oxygen atoms in total. The highest BCUT2D eigenvalue weighted by Gasteiger charge is 2.43. The maximum absolute atomic E-state index is 11.2. The van der Waals surface area contributed by atoms with E-state index in [4.69, 9.17) is 4.74 Å². The van der Waals surface area contributed by atoms with Crippen molar-refractivity contribution in [3.63, 3.8) is 0 Å². The third kappa shape index (κ3) is 5.02. The minimum absolute atomic E-state index is 0.109. The molecule has 1 fully saturated rings. The highest BCUT2D eigenvalue weighted by Crippen LogP contribution is 2.42. The number of ether oxygens (including phenoxy) is 1. The maximum atomic E-state index is 11.2. The lowest BCUT2D eigenvalue weighted by Gasteiger charge is -2.27. The van der Waals surface area contributed by atoms with Gasteiger partial charge in [0.25, 0.3) is 0 Å². The minimum atomic E-state index is -0.109. The molecule has 1 saturated heterocycles. The van der Waals surface area contributed by atoms with Gasteiger partial charge in [-0.25, -0.2) is 0 Å². The van der Waals surface area contributed by atoms with E-state index < -0.39 is 0 Å². The molecule has 2 rings (SSSR count). The molecule has 0 radical (unpaired) electrons. The monoisotopic (exact) mass is 320 g/mol. The lowest BCUT2D eigenvalue weighted by Crippen LogP contribution is -2.30. The van der Waals surface area contributed by atoms with Crippen LogP contribution in [0, 0.1) is 11.8 Å². The van der Waals surface area contributed by atoms with Gasteiger partial charge in [0.1, 0.15) is 6.29 Å². The molecule has 1 aliphatic carbocycles. The summed E-state index contributed by atoms with van der Waals surface area (Å²) in [5.41, 5.74) is 2.18. The molecule has 0 aromatic rings. The lowest BCUT2D eigenvalue weighted by molar-refractivity contribution is -0.105. The van der Waals surface area contributed by atoms with Crippen LogP contribution in [0.25, 0.3) is 0 Å². The van der Waals surface area contributed by atoms with E-state index in [-0.39, 0.29) is 24.2 Å². The van der Waals surface area contributed by atoms with Crippen LogP contribution in [0.1, 0.15) is 65.7 Å². The maximum Gasteiger partial charge on any atom is 0.145 e. The predicted octanol–water partition coefficient (Wildman–Crippen LogP) is 4.20. The number of fused-ring (bicyclic) bond motifs is 2. The van der Waals surface area contributed by atoms with Gasteiger partial charge in [0.15, 0.2) is 0 Å². The summed E-state index contributed by atoms with van der Waals surface area (Å²) < 4.78 is 6.31. The van der Waals surface area contributed by atoms with Gasteiger partial charge in [0.05, 0.1) is 11.7 Å². The van der Waals surface area contributed by atoms with Gasteiger partial charge < -0.3 is 9.84 Å². The van der Waals surface area contributed by atoms with Crippen LogP contribution in [0.2, 0.25) is 0 Å². The van der Waals surface area contributed by atoms with E-state index in [2.05, 4.69) is 26.8 Å². The van der Waals surface area contributed by atoms with Crippen molar-refractivity contribution in [2.24, 2.45) is 11.8 Å². The fourth-order valence-corrected chi connectivity index (χ4v) is 3.93. The zero-order chi connectivity index (χ0) is 16.9. The first kappa shape index (κ1) is 18.4. The number of aldehydes is 1. The summed E-state index contributed by atoms with van der Waals surface area (Å²) in [6, 6.07) is 0. The molecule has 0 amide bonds. The van der Waals surface area contributed by atoms with Crippen LogP contribution >= 0.6 is 0 Å². The van der Waals surface area contributed by atoms with E-state index in [1.54, 1.807) is 0 Å². The third-order valence-electron chi connectivity index (χ3n) is 5.62. The summed E-state index contributed by atoms with van der Waals surface area (Å²) in [5, 5.41) is 9.77. The van der Waals surface area contributed by atoms with Gasteiger partial charge in [-0.3, -0.25) is 4.79 Å². The average Bonchev–Trinajstić information content (AvgIpc) is 2.81. The van der Waals surface area contributed by atoms with Gasteiger partial charge in [0.2, 0.25) is 0 Å². The highest BCUT2D eigenvalue weighted by molar-refractivity contribution is 5.72. The number of carbonyl (C=O) groups excluding carboxylic acids is 1. The highest BCUT2D eigenvalue weighted by atomic mass is 16.5. The van der Waals surface area contributed by atoms with Crippen molar-refractivity contribution in [1.82, 2.24) is 0 Å². The van der Waals surface area contributed by atoms with E-state index in [0.717, 1.165) is 56.8 Å². The van der Waals surface area contributed by atoms with Gasteiger partial charge in [-0.05, 0) is 77.2 Å². The molecule has 1 aliphatic heterocycles. The van der Waals surface area contributed by atoms with Gasteiger partial charge in [-0.1, -0.05) is 17.7 Å². The van der Waals surface area contributed by atoms with Crippen molar-refractivity contribution < 1.29 is 14.6 Å². The van der Waals surface area contributed by atoms with E-state index in [0.29, 0.717) is 5.92 Å². The number of aliphatic hydroxyl groups is 1. The molecule has 2 bridgehead atoms. The first-order chi connectivity index (χ1) is 11.0. The summed E-state index contributed by atoms with van der Waals surface area (Å²) in [7, 11) is 0. The van der Waals surface area contributed by atoms with E-state index in [9.17, 15) is 9.90 Å². The van der Waals surface area contributed by atoms with Gasteiger partial charge in [0, 0.05) is 12.5 Å². The van der Waals surface area contributed by atoms with E-state index >= 15 is 0 Å². The van der Waals surface area contributed by atoms with E-state index in [1.165, 1.54) is 5.57 Å². The van der Waals surface area contributed by atoms with Crippen molar-refractivity contribution >= 4 is 6.29 Å². The molecular formula is C20H32O3. The van der Waals surface area contributed by atoms with Crippen LogP contribution in [0.3, 0.4) is 0 Å². The summed E-state index contributed by atoms with van der Waals surface area (Å²) in [6.45, 7) is 6.73. The quantitative estimate of drug-likeness (QED) is 0.612. The molecule has 0 aromatic heterocycles. The molecule has 1 heterocycles. The molecule has 3 atom stereocenters. The number of rotatable bonds is 2. The Balaban J connectivity index is 2.16. The van der Waals surface area contributed by atoms with Crippen LogP contribution < -0.4 is 0 Å². The van der Waals surface area contributed by atoms with Crippen LogP contribution in [0.15, 0.2) is 23.3 Å². The predicted molar refractivity (Wildman–Crippen MR) is 93.2 cm³/mol. The Labute approximate surface area is 140 Å². The number of hydrogen-bond acceptors (Lipinski definition) is 3. The van der Waals surface area contributed by atoms with Gasteiger partial charge in [-0.2, -0.15) is 0 Å². The van der Waals surface area contributed by atoms with Gasteiger partial charge in [-0.15, -0.1) is 0 Å². The Morgan fingerprint density at radius 2 is 2.04 bits per heavy atom. The molecule has 23 heavy (non-hydrogen) atoms. The molecular weight excluding hydrogens is 288 g/mol. The van der Waals surface area contributed by atoms with Crippen LogP contribution in [0.5, 0.6) is 0 Å². The van der Waals surface area contributed by atoms with Crippen molar-refractivity contribution in [2.75, 3.05) is 6.61 Å². The number of aliphatic hydroxyl groups excluding tert-OH is 1. The van der Waals surface area contributed by atoms with Crippen LogP contribution in [-0.2, 0) is 9.53 Å². The summed E-state index contributed by atoms with van der Waals surface area (Å²) in [6.07, 6.45) is 12.2. The Hall–Kier alpha value is -0.930. The molecule has 2 aliphatic rings. The second kappa shape index (κ2) is 8.25. The second-order valence-corrected chi connectivity index (χ2v) is 7.74. The molecule has 0 aromatic carbocycles. The minimum Gasteiger partial charge on any atom is -0.396 e. The SMILES string of the molecule is C/C1=C/CC/C(C=O)=C\CC[C@H](CO)[C@@H]2C[C@@H](CC1)C(C)(C)O2. The largest absolute Gasteiger partial charge is 0.396 e. The summed E-state index contributed by atoms with van der Waals surface area (Å²) in [4.78, 5) is 11.2. The van der Waals surface area contributed by atoms with Crippen molar-refractivity contribution in [3.05, 3.63) is 23.3 Å². The van der Waals surface area contributed by atoms with Gasteiger partial charge >= 0.3 is 0 Å². The number of allylic oxidation sites excluding steroid dienone is 4. The Morgan fingerprint density at radius 3 is 2.74 bits per heavy atom. The molecule has 0 unspecified atom stereocenters.